The van der Waals surface area contributed by atoms with E-state index in [1.165, 1.54) is 25.1 Å². The molecular weight excluding hydrogens is 318 g/mol. The van der Waals surface area contributed by atoms with Gasteiger partial charge in [-0.15, -0.1) is 0 Å². The molecule has 0 radical (unpaired) electrons. The van der Waals surface area contributed by atoms with Gasteiger partial charge in [0.25, 0.3) is 17.5 Å². The summed E-state index contributed by atoms with van der Waals surface area (Å²) in [4.78, 5) is 45.1. The fraction of sp³-hybridized carbons (Fsp3) is 0.400. The van der Waals surface area contributed by atoms with E-state index in [-0.39, 0.29) is 17.3 Å². The molecule has 0 spiro atoms. The van der Waals surface area contributed by atoms with Gasteiger partial charge in [0, 0.05) is 23.7 Å². The molecule has 0 aliphatic rings. The van der Waals surface area contributed by atoms with Crippen LogP contribution in [0.4, 0.5) is 5.69 Å². The summed E-state index contributed by atoms with van der Waals surface area (Å²) in [7, 11) is 0. The molecule has 0 heterocycles. The smallest absolute Gasteiger partial charge is 0.326 e. The number of non-ortho nitro benzene ring substituents is 1. The van der Waals surface area contributed by atoms with E-state index < -0.39 is 35.4 Å². The number of nitrogens with zero attached hydrogens (tertiary/aromatic N) is 1. The molecule has 9 heteroatoms. The van der Waals surface area contributed by atoms with Crippen LogP contribution in [0.2, 0.25) is 0 Å². The minimum Gasteiger partial charge on any atom is -0.451 e. The van der Waals surface area contributed by atoms with Gasteiger partial charge in [-0.2, -0.15) is 0 Å². The van der Waals surface area contributed by atoms with Gasteiger partial charge in [0.2, 0.25) is 0 Å². The number of carbonyl (C=O) groups is 3. The van der Waals surface area contributed by atoms with Gasteiger partial charge in [-0.05, 0) is 26.8 Å². The van der Waals surface area contributed by atoms with Crippen molar-refractivity contribution < 1.29 is 24.0 Å². The summed E-state index contributed by atoms with van der Waals surface area (Å²) in [6.07, 6.45) is -0.991. The second-order valence-corrected chi connectivity index (χ2v) is 5.29. The third-order valence-electron chi connectivity index (χ3n) is 2.82. The second-order valence-electron chi connectivity index (χ2n) is 5.29. The molecule has 0 aromatic heterocycles. The molecular formula is C15H19N3O6. The summed E-state index contributed by atoms with van der Waals surface area (Å²) < 4.78 is 4.89. The molecule has 1 rings (SSSR count). The van der Waals surface area contributed by atoms with Crippen LogP contribution in [0.1, 0.15) is 31.1 Å². The minimum atomic E-state index is -0.991. The van der Waals surface area contributed by atoms with Gasteiger partial charge in [-0.3, -0.25) is 24.5 Å². The number of nitrogens with one attached hydrogen (secondary N) is 2. The molecule has 0 fully saturated rings. The van der Waals surface area contributed by atoms with Crippen molar-refractivity contribution in [3.8, 4) is 0 Å². The number of ether oxygens (including phenoxy) is 1. The van der Waals surface area contributed by atoms with Crippen LogP contribution in [0.5, 0.6) is 0 Å². The number of benzene rings is 1. The van der Waals surface area contributed by atoms with Crippen molar-refractivity contribution in [1.82, 2.24) is 10.6 Å². The van der Waals surface area contributed by atoms with Crippen LogP contribution in [-0.2, 0) is 14.3 Å². The zero-order valence-electron chi connectivity index (χ0n) is 13.6. The van der Waals surface area contributed by atoms with Crippen molar-refractivity contribution in [2.45, 2.75) is 32.9 Å². The van der Waals surface area contributed by atoms with Crippen molar-refractivity contribution >= 4 is 23.5 Å². The third-order valence-corrected chi connectivity index (χ3v) is 2.82. The standard InChI is InChI=1S/C15H19N3O6/c1-9(2)17-14(20)10(3)24-13(19)8-16-15(21)11-5-4-6-12(7-11)18(22)23/h4-7,9-10H,8H2,1-3H3,(H,16,21)(H,17,20). The van der Waals surface area contributed by atoms with E-state index in [1.807, 2.05) is 0 Å². The number of hydrogen-bond acceptors (Lipinski definition) is 6. The Bertz CT molecular complexity index is 644. The molecule has 9 nitrogen and oxygen atoms in total. The highest BCUT2D eigenvalue weighted by Crippen LogP contribution is 2.12. The number of rotatable bonds is 7. The monoisotopic (exact) mass is 337 g/mol. The van der Waals surface area contributed by atoms with Crippen LogP contribution in [0.15, 0.2) is 24.3 Å². The molecule has 0 saturated heterocycles. The zero-order chi connectivity index (χ0) is 18.3. The van der Waals surface area contributed by atoms with E-state index >= 15 is 0 Å². The molecule has 0 bridgehead atoms. The van der Waals surface area contributed by atoms with Gasteiger partial charge in [-0.25, -0.2) is 0 Å². The van der Waals surface area contributed by atoms with Crippen LogP contribution in [-0.4, -0.2) is 41.4 Å². The number of nitro groups is 1. The van der Waals surface area contributed by atoms with E-state index in [0.717, 1.165) is 6.07 Å². The Morgan fingerprint density at radius 1 is 1.25 bits per heavy atom. The molecule has 1 aromatic rings. The largest absolute Gasteiger partial charge is 0.451 e. The summed E-state index contributed by atoms with van der Waals surface area (Å²) in [6.45, 7) is 4.50. The molecule has 0 saturated carbocycles. The van der Waals surface area contributed by atoms with Crippen LogP contribution in [0, 0.1) is 10.1 Å². The third kappa shape index (κ3) is 6.03. The average Bonchev–Trinajstić information content (AvgIpc) is 2.51. The van der Waals surface area contributed by atoms with E-state index in [4.69, 9.17) is 4.74 Å². The fourth-order valence-electron chi connectivity index (χ4n) is 1.71. The van der Waals surface area contributed by atoms with Gasteiger partial charge in [0.1, 0.15) is 6.54 Å². The van der Waals surface area contributed by atoms with E-state index in [9.17, 15) is 24.5 Å². The number of amides is 2. The van der Waals surface area contributed by atoms with Crippen molar-refractivity contribution in [2.24, 2.45) is 0 Å². The SMILES string of the molecule is CC(C)NC(=O)C(C)OC(=O)CNC(=O)c1cccc([N+](=O)[O-])c1. The van der Waals surface area contributed by atoms with Crippen LogP contribution >= 0.6 is 0 Å². The Morgan fingerprint density at radius 2 is 1.92 bits per heavy atom. The van der Waals surface area contributed by atoms with Gasteiger partial charge in [-0.1, -0.05) is 6.07 Å². The van der Waals surface area contributed by atoms with Crippen molar-refractivity contribution in [1.29, 1.82) is 0 Å². The Balaban J connectivity index is 2.52. The van der Waals surface area contributed by atoms with Crippen molar-refractivity contribution in [3.05, 3.63) is 39.9 Å². The average molecular weight is 337 g/mol. The van der Waals surface area contributed by atoms with Crippen LogP contribution in [0.3, 0.4) is 0 Å². The summed E-state index contributed by atoms with van der Waals surface area (Å²) in [5, 5.41) is 15.5. The first kappa shape index (κ1) is 19.1. The Labute approximate surface area is 138 Å². The first-order valence-corrected chi connectivity index (χ1v) is 7.23. The lowest BCUT2D eigenvalue weighted by Gasteiger charge is -2.15. The summed E-state index contributed by atoms with van der Waals surface area (Å²) in [5.41, 5.74) is -0.188. The second kappa shape index (κ2) is 8.61. The Hall–Kier alpha value is -2.97. The van der Waals surface area contributed by atoms with Gasteiger partial charge < -0.3 is 15.4 Å². The van der Waals surface area contributed by atoms with Gasteiger partial charge in [0.15, 0.2) is 6.10 Å². The molecule has 1 unspecified atom stereocenters. The highest BCUT2D eigenvalue weighted by molar-refractivity contribution is 5.96. The first-order chi connectivity index (χ1) is 11.2. The van der Waals surface area contributed by atoms with Gasteiger partial charge in [0.05, 0.1) is 4.92 Å². The molecule has 0 aliphatic carbocycles. The highest BCUT2D eigenvalue weighted by Gasteiger charge is 2.19. The molecule has 1 aromatic carbocycles. The maximum absolute atomic E-state index is 11.9. The lowest BCUT2D eigenvalue weighted by molar-refractivity contribution is -0.384. The number of nitro benzene ring substituents is 1. The zero-order valence-corrected chi connectivity index (χ0v) is 13.6. The predicted octanol–water partition coefficient (Wildman–Crippen LogP) is 0.781. The molecule has 24 heavy (non-hydrogen) atoms. The Morgan fingerprint density at radius 3 is 2.50 bits per heavy atom. The molecule has 2 amide bonds. The number of esters is 1. The van der Waals surface area contributed by atoms with Crippen molar-refractivity contribution in [2.75, 3.05) is 6.54 Å². The lowest BCUT2D eigenvalue weighted by atomic mass is 10.2. The topological polar surface area (TPSA) is 128 Å². The molecule has 130 valence electrons. The fourth-order valence-corrected chi connectivity index (χ4v) is 1.71. The highest BCUT2D eigenvalue weighted by atomic mass is 16.6. The maximum atomic E-state index is 11.9. The molecule has 2 N–H and O–H groups in total. The minimum absolute atomic E-state index is 0.0441. The Kier molecular flexibility index (Phi) is 6.84. The van der Waals surface area contributed by atoms with Crippen LogP contribution in [0.25, 0.3) is 0 Å². The summed E-state index contributed by atoms with van der Waals surface area (Å²) >= 11 is 0. The number of carbonyl (C=O) groups excluding carboxylic acids is 3. The summed E-state index contributed by atoms with van der Waals surface area (Å²) in [5.74, 6) is -1.89. The predicted molar refractivity (Wildman–Crippen MR) is 84.3 cm³/mol. The summed E-state index contributed by atoms with van der Waals surface area (Å²) in [6, 6.07) is 5.00. The molecule has 1 atom stereocenters. The van der Waals surface area contributed by atoms with E-state index in [2.05, 4.69) is 10.6 Å². The number of hydrogen-bond donors (Lipinski definition) is 2. The van der Waals surface area contributed by atoms with E-state index in [1.54, 1.807) is 13.8 Å². The molecule has 0 aliphatic heterocycles. The first-order valence-electron chi connectivity index (χ1n) is 7.23. The normalized spacial score (nSPS) is 11.5. The van der Waals surface area contributed by atoms with Crippen molar-refractivity contribution in [3.63, 3.8) is 0 Å². The van der Waals surface area contributed by atoms with E-state index in [0.29, 0.717) is 0 Å². The van der Waals surface area contributed by atoms with Gasteiger partial charge >= 0.3 is 5.97 Å². The maximum Gasteiger partial charge on any atom is 0.326 e. The quantitative estimate of drug-likeness (QED) is 0.430. The van der Waals surface area contributed by atoms with Crippen LogP contribution < -0.4 is 10.6 Å². The lowest BCUT2D eigenvalue weighted by Crippen LogP contribution is -2.41.